The average molecular weight is 245 g/mol. The van der Waals surface area contributed by atoms with Crippen LogP contribution >= 0.6 is 0 Å². The smallest absolute Gasteiger partial charge is 0.305 e. The Morgan fingerprint density at radius 2 is 2.06 bits per heavy atom. The molecule has 0 atom stereocenters. The van der Waals surface area contributed by atoms with Gasteiger partial charge in [0, 0.05) is 24.0 Å². The van der Waals surface area contributed by atoms with Gasteiger partial charge in [-0.1, -0.05) is 0 Å². The summed E-state index contributed by atoms with van der Waals surface area (Å²) in [7, 11) is 0. The molecular weight excluding hydrogens is 230 g/mol. The van der Waals surface area contributed by atoms with Gasteiger partial charge in [0.05, 0.1) is 12.1 Å². The van der Waals surface area contributed by atoms with Crippen molar-refractivity contribution < 1.29 is 9.90 Å². The third-order valence-electron chi connectivity index (χ3n) is 2.63. The highest BCUT2D eigenvalue weighted by molar-refractivity contribution is 5.67. The molecule has 0 unspecified atom stereocenters. The number of nitrogens with two attached hydrogens (primary N) is 1. The zero-order valence-corrected chi connectivity index (χ0v) is 10.1. The summed E-state index contributed by atoms with van der Waals surface area (Å²) in [5, 5.41) is 8.73. The van der Waals surface area contributed by atoms with Crippen LogP contribution in [0.1, 0.15) is 12.1 Å². The molecular formula is C13H15N3O2. The zero-order valence-electron chi connectivity index (χ0n) is 10.1. The second kappa shape index (κ2) is 4.91. The van der Waals surface area contributed by atoms with Crippen molar-refractivity contribution in [1.82, 2.24) is 9.55 Å². The number of aryl methyl sites for hydroxylation is 2. The number of rotatable bonds is 4. The third kappa shape index (κ3) is 2.68. The van der Waals surface area contributed by atoms with E-state index in [4.69, 9.17) is 10.8 Å². The zero-order chi connectivity index (χ0) is 13.1. The summed E-state index contributed by atoms with van der Waals surface area (Å²) in [6.07, 6.45) is 1.94. The Bertz CT molecular complexity index is 558. The SMILES string of the molecule is Cc1cn(CCC(=O)O)c(-c2ccc(N)cc2)n1. The lowest BCUT2D eigenvalue weighted by Gasteiger charge is -2.06. The molecule has 3 N–H and O–H groups in total. The molecule has 0 bridgehead atoms. The predicted molar refractivity (Wildman–Crippen MR) is 69.1 cm³/mol. The Balaban J connectivity index is 2.31. The van der Waals surface area contributed by atoms with Gasteiger partial charge in [-0.2, -0.15) is 0 Å². The van der Waals surface area contributed by atoms with E-state index in [1.165, 1.54) is 0 Å². The topological polar surface area (TPSA) is 81.1 Å². The number of nitrogen functional groups attached to an aromatic ring is 1. The maximum atomic E-state index is 10.6. The van der Waals surface area contributed by atoms with Crippen molar-refractivity contribution in [3.63, 3.8) is 0 Å². The van der Waals surface area contributed by atoms with Gasteiger partial charge in [-0.05, 0) is 31.2 Å². The molecule has 2 rings (SSSR count). The summed E-state index contributed by atoms with van der Waals surface area (Å²) >= 11 is 0. The molecule has 5 heteroatoms. The number of imidazole rings is 1. The van der Waals surface area contributed by atoms with Crippen LogP contribution in [-0.4, -0.2) is 20.6 Å². The Morgan fingerprint density at radius 1 is 1.39 bits per heavy atom. The fourth-order valence-electron chi connectivity index (χ4n) is 1.80. The lowest BCUT2D eigenvalue weighted by atomic mass is 10.2. The fraction of sp³-hybridized carbons (Fsp3) is 0.231. The highest BCUT2D eigenvalue weighted by atomic mass is 16.4. The van der Waals surface area contributed by atoms with E-state index in [0.29, 0.717) is 12.2 Å². The molecule has 1 heterocycles. The van der Waals surface area contributed by atoms with Crippen LogP contribution in [0.3, 0.4) is 0 Å². The molecule has 0 aliphatic carbocycles. The number of carboxylic acids is 1. The van der Waals surface area contributed by atoms with Crippen molar-refractivity contribution in [2.75, 3.05) is 5.73 Å². The molecule has 94 valence electrons. The summed E-state index contributed by atoms with van der Waals surface area (Å²) in [6.45, 7) is 2.30. The molecule has 1 aromatic heterocycles. The van der Waals surface area contributed by atoms with Gasteiger partial charge in [-0.15, -0.1) is 0 Å². The number of hydrogen-bond acceptors (Lipinski definition) is 3. The van der Waals surface area contributed by atoms with Crippen LogP contribution in [-0.2, 0) is 11.3 Å². The minimum absolute atomic E-state index is 0.0811. The summed E-state index contributed by atoms with van der Waals surface area (Å²) < 4.78 is 1.86. The summed E-state index contributed by atoms with van der Waals surface area (Å²) in [6, 6.07) is 7.38. The lowest BCUT2D eigenvalue weighted by molar-refractivity contribution is -0.137. The minimum Gasteiger partial charge on any atom is -0.481 e. The molecule has 2 aromatic rings. The maximum absolute atomic E-state index is 10.6. The van der Waals surface area contributed by atoms with E-state index >= 15 is 0 Å². The fourth-order valence-corrected chi connectivity index (χ4v) is 1.80. The maximum Gasteiger partial charge on any atom is 0.305 e. The molecule has 0 aliphatic heterocycles. The Labute approximate surface area is 105 Å². The van der Waals surface area contributed by atoms with Crippen molar-refractivity contribution in [2.45, 2.75) is 19.9 Å². The summed E-state index contributed by atoms with van der Waals surface area (Å²) in [5.74, 6) is -0.0432. The van der Waals surface area contributed by atoms with E-state index in [-0.39, 0.29) is 6.42 Å². The van der Waals surface area contributed by atoms with E-state index < -0.39 is 5.97 Å². The Hall–Kier alpha value is -2.30. The van der Waals surface area contributed by atoms with Gasteiger partial charge in [0.15, 0.2) is 0 Å². The van der Waals surface area contributed by atoms with Gasteiger partial charge in [0.25, 0.3) is 0 Å². The number of carboxylic acid groups (broad SMARTS) is 1. The molecule has 5 nitrogen and oxygen atoms in total. The first-order valence-electron chi connectivity index (χ1n) is 5.68. The molecule has 1 aromatic carbocycles. The normalized spacial score (nSPS) is 10.5. The van der Waals surface area contributed by atoms with E-state index in [1.807, 2.05) is 29.8 Å². The van der Waals surface area contributed by atoms with Crippen molar-refractivity contribution in [1.29, 1.82) is 0 Å². The van der Waals surface area contributed by atoms with Crippen LogP contribution < -0.4 is 5.73 Å². The standard InChI is InChI=1S/C13H15N3O2/c1-9-8-16(7-6-12(17)18)13(15-9)10-2-4-11(14)5-3-10/h2-5,8H,6-7,14H2,1H3,(H,17,18). The molecule has 0 amide bonds. The molecule has 0 radical (unpaired) electrons. The average Bonchev–Trinajstić information content (AvgIpc) is 2.69. The second-order valence-electron chi connectivity index (χ2n) is 4.17. The molecule has 0 fully saturated rings. The quantitative estimate of drug-likeness (QED) is 0.806. The Kier molecular flexibility index (Phi) is 3.32. The Morgan fingerprint density at radius 3 is 2.67 bits per heavy atom. The van der Waals surface area contributed by atoms with Crippen molar-refractivity contribution in [2.24, 2.45) is 0 Å². The molecule has 18 heavy (non-hydrogen) atoms. The summed E-state index contributed by atoms with van der Waals surface area (Å²) in [5.41, 5.74) is 8.14. The number of nitrogens with zero attached hydrogens (tertiary/aromatic N) is 2. The van der Waals surface area contributed by atoms with Crippen molar-refractivity contribution >= 4 is 11.7 Å². The molecule has 0 spiro atoms. The number of anilines is 1. The van der Waals surface area contributed by atoms with Gasteiger partial charge in [-0.25, -0.2) is 4.98 Å². The highest BCUT2D eigenvalue weighted by Crippen LogP contribution is 2.20. The predicted octanol–water partition coefficient (Wildman–Crippen LogP) is 1.92. The van der Waals surface area contributed by atoms with Gasteiger partial charge in [0.1, 0.15) is 5.82 Å². The van der Waals surface area contributed by atoms with Gasteiger partial charge < -0.3 is 15.4 Å². The minimum atomic E-state index is -0.815. The number of carbonyl (C=O) groups is 1. The van der Waals surface area contributed by atoms with E-state index in [9.17, 15) is 4.79 Å². The number of benzene rings is 1. The molecule has 0 saturated heterocycles. The van der Waals surface area contributed by atoms with E-state index in [1.54, 1.807) is 12.1 Å². The van der Waals surface area contributed by atoms with Crippen LogP contribution in [0.5, 0.6) is 0 Å². The van der Waals surface area contributed by atoms with Gasteiger partial charge in [0.2, 0.25) is 0 Å². The highest BCUT2D eigenvalue weighted by Gasteiger charge is 2.09. The third-order valence-corrected chi connectivity index (χ3v) is 2.63. The van der Waals surface area contributed by atoms with Crippen LogP contribution in [0.2, 0.25) is 0 Å². The summed E-state index contributed by atoms with van der Waals surface area (Å²) in [4.78, 5) is 15.0. The van der Waals surface area contributed by atoms with E-state index in [2.05, 4.69) is 4.98 Å². The first-order valence-corrected chi connectivity index (χ1v) is 5.68. The monoisotopic (exact) mass is 245 g/mol. The van der Waals surface area contributed by atoms with Crippen molar-refractivity contribution in [3.8, 4) is 11.4 Å². The number of hydrogen-bond donors (Lipinski definition) is 2. The van der Waals surface area contributed by atoms with Crippen molar-refractivity contribution in [3.05, 3.63) is 36.2 Å². The van der Waals surface area contributed by atoms with Gasteiger partial charge >= 0.3 is 5.97 Å². The number of aromatic nitrogens is 2. The van der Waals surface area contributed by atoms with E-state index in [0.717, 1.165) is 17.1 Å². The first-order chi connectivity index (χ1) is 8.56. The molecule has 0 saturated carbocycles. The lowest BCUT2D eigenvalue weighted by Crippen LogP contribution is -2.05. The van der Waals surface area contributed by atoms with Crippen LogP contribution in [0.25, 0.3) is 11.4 Å². The van der Waals surface area contributed by atoms with Crippen LogP contribution in [0.15, 0.2) is 30.5 Å². The number of aliphatic carboxylic acids is 1. The largest absolute Gasteiger partial charge is 0.481 e. The van der Waals surface area contributed by atoms with Crippen LogP contribution in [0.4, 0.5) is 5.69 Å². The van der Waals surface area contributed by atoms with Crippen LogP contribution in [0, 0.1) is 6.92 Å². The molecule has 0 aliphatic rings. The first kappa shape index (κ1) is 12.2. The van der Waals surface area contributed by atoms with Gasteiger partial charge in [-0.3, -0.25) is 4.79 Å². The second-order valence-corrected chi connectivity index (χ2v) is 4.17.